The molecule has 0 spiro atoms. The van der Waals surface area contributed by atoms with Gasteiger partial charge in [0.25, 0.3) is 0 Å². The predicted molar refractivity (Wildman–Crippen MR) is 62.3 cm³/mol. The number of hydrogen-bond donors (Lipinski definition) is 5. The van der Waals surface area contributed by atoms with Crippen LogP contribution in [0, 0.1) is 5.92 Å². The van der Waals surface area contributed by atoms with Crippen molar-refractivity contribution in [1.29, 1.82) is 0 Å². The molecule has 0 aromatic heterocycles. The molecule has 0 bridgehead atoms. The van der Waals surface area contributed by atoms with Gasteiger partial charge in [-0.2, -0.15) is 0 Å². The SMILES string of the molecule is CC(C)CNC(=O)C[C@H]1N[C@H](CO)[C@@H](O)[C@H]1O. The van der Waals surface area contributed by atoms with E-state index < -0.39 is 24.3 Å². The van der Waals surface area contributed by atoms with Crippen LogP contribution in [0.5, 0.6) is 0 Å². The van der Waals surface area contributed by atoms with Gasteiger partial charge in [-0.05, 0) is 5.92 Å². The highest BCUT2D eigenvalue weighted by Crippen LogP contribution is 2.16. The molecule has 17 heavy (non-hydrogen) atoms. The van der Waals surface area contributed by atoms with Crippen molar-refractivity contribution in [2.24, 2.45) is 5.92 Å². The number of rotatable bonds is 5. The Morgan fingerprint density at radius 1 is 1.29 bits per heavy atom. The van der Waals surface area contributed by atoms with Crippen molar-refractivity contribution >= 4 is 5.91 Å². The highest BCUT2D eigenvalue weighted by atomic mass is 16.3. The lowest BCUT2D eigenvalue weighted by Crippen LogP contribution is -2.40. The first kappa shape index (κ1) is 14.4. The van der Waals surface area contributed by atoms with Gasteiger partial charge in [0, 0.05) is 19.0 Å². The second-order valence-corrected chi connectivity index (χ2v) is 4.95. The monoisotopic (exact) mass is 246 g/mol. The van der Waals surface area contributed by atoms with Crippen LogP contribution in [0.2, 0.25) is 0 Å². The third-order valence-electron chi connectivity index (χ3n) is 2.91. The molecule has 0 aromatic carbocycles. The molecule has 6 nitrogen and oxygen atoms in total. The lowest BCUT2D eigenvalue weighted by atomic mass is 10.1. The van der Waals surface area contributed by atoms with Gasteiger partial charge in [-0.3, -0.25) is 4.79 Å². The Balaban J connectivity index is 2.39. The Hall–Kier alpha value is -0.690. The van der Waals surface area contributed by atoms with Gasteiger partial charge < -0.3 is 26.0 Å². The number of nitrogens with one attached hydrogen (secondary N) is 2. The number of aliphatic hydroxyl groups is 3. The quantitative estimate of drug-likeness (QED) is 0.394. The van der Waals surface area contributed by atoms with Crippen molar-refractivity contribution in [3.63, 3.8) is 0 Å². The summed E-state index contributed by atoms with van der Waals surface area (Å²) < 4.78 is 0. The molecule has 6 heteroatoms. The summed E-state index contributed by atoms with van der Waals surface area (Å²) >= 11 is 0. The average Bonchev–Trinajstić information content (AvgIpc) is 2.54. The van der Waals surface area contributed by atoms with Gasteiger partial charge in [-0.1, -0.05) is 13.8 Å². The second kappa shape index (κ2) is 6.30. The van der Waals surface area contributed by atoms with Crippen LogP contribution in [0.15, 0.2) is 0 Å². The molecule has 100 valence electrons. The topological polar surface area (TPSA) is 102 Å². The van der Waals surface area contributed by atoms with E-state index in [1.807, 2.05) is 13.8 Å². The number of hydrogen-bond acceptors (Lipinski definition) is 5. The Morgan fingerprint density at radius 3 is 2.35 bits per heavy atom. The molecule has 1 fully saturated rings. The lowest BCUT2D eigenvalue weighted by molar-refractivity contribution is -0.122. The fourth-order valence-corrected chi connectivity index (χ4v) is 1.88. The number of carbonyl (C=O) groups is 1. The minimum Gasteiger partial charge on any atom is -0.395 e. The highest BCUT2D eigenvalue weighted by Gasteiger charge is 2.41. The standard InChI is InChI=1S/C11H22N2O4/c1-6(2)4-12-9(15)3-7-10(16)11(17)8(5-14)13-7/h6-8,10-11,13-14,16-17H,3-5H2,1-2H3,(H,12,15)/t7-,8-,10+,11-/m1/s1. The van der Waals surface area contributed by atoms with E-state index in [2.05, 4.69) is 10.6 Å². The number of amides is 1. The van der Waals surface area contributed by atoms with Crippen molar-refractivity contribution in [3.8, 4) is 0 Å². The van der Waals surface area contributed by atoms with Crippen LogP contribution in [0.25, 0.3) is 0 Å². The van der Waals surface area contributed by atoms with E-state index in [9.17, 15) is 15.0 Å². The summed E-state index contributed by atoms with van der Waals surface area (Å²) in [6.45, 7) is 4.32. The summed E-state index contributed by atoms with van der Waals surface area (Å²) in [6.07, 6.45) is -1.94. The van der Waals surface area contributed by atoms with E-state index in [-0.39, 0.29) is 18.9 Å². The van der Waals surface area contributed by atoms with Gasteiger partial charge >= 0.3 is 0 Å². The maximum Gasteiger partial charge on any atom is 0.221 e. The van der Waals surface area contributed by atoms with Gasteiger partial charge in [-0.15, -0.1) is 0 Å². The summed E-state index contributed by atoms with van der Waals surface area (Å²) in [7, 11) is 0. The molecule has 5 N–H and O–H groups in total. The summed E-state index contributed by atoms with van der Waals surface area (Å²) in [5.41, 5.74) is 0. The first-order valence-electron chi connectivity index (χ1n) is 5.95. The molecular formula is C11H22N2O4. The molecule has 0 radical (unpaired) electrons. The zero-order valence-electron chi connectivity index (χ0n) is 10.3. The molecule has 4 atom stereocenters. The maximum absolute atomic E-state index is 11.5. The van der Waals surface area contributed by atoms with E-state index in [1.54, 1.807) is 0 Å². The summed E-state index contributed by atoms with van der Waals surface area (Å²) in [5.74, 6) is 0.206. The molecule has 1 saturated heterocycles. The number of aliphatic hydroxyl groups excluding tert-OH is 3. The largest absolute Gasteiger partial charge is 0.395 e. The van der Waals surface area contributed by atoms with Crippen LogP contribution in [-0.2, 0) is 4.79 Å². The first-order valence-corrected chi connectivity index (χ1v) is 5.95. The zero-order valence-corrected chi connectivity index (χ0v) is 10.3. The van der Waals surface area contributed by atoms with Crippen LogP contribution < -0.4 is 10.6 Å². The normalized spacial score (nSPS) is 33.1. The van der Waals surface area contributed by atoms with Crippen molar-refractivity contribution in [2.75, 3.05) is 13.2 Å². The first-order chi connectivity index (χ1) is 7.95. The fourth-order valence-electron chi connectivity index (χ4n) is 1.88. The van der Waals surface area contributed by atoms with Crippen LogP contribution in [0.3, 0.4) is 0 Å². The van der Waals surface area contributed by atoms with Crippen LogP contribution >= 0.6 is 0 Å². The molecule has 1 aliphatic heterocycles. The van der Waals surface area contributed by atoms with E-state index >= 15 is 0 Å². The zero-order chi connectivity index (χ0) is 13.0. The second-order valence-electron chi connectivity index (χ2n) is 4.95. The molecule has 1 amide bonds. The summed E-state index contributed by atoms with van der Waals surface area (Å²) in [6, 6.07) is -1.07. The minimum atomic E-state index is -1.03. The van der Waals surface area contributed by atoms with Crippen molar-refractivity contribution in [3.05, 3.63) is 0 Å². The van der Waals surface area contributed by atoms with Gasteiger partial charge in [0.1, 0.15) is 0 Å². The number of carbonyl (C=O) groups excluding carboxylic acids is 1. The molecule has 0 aliphatic carbocycles. The molecule has 0 unspecified atom stereocenters. The van der Waals surface area contributed by atoms with Crippen LogP contribution in [-0.4, -0.2) is 58.7 Å². The Kier molecular flexibility index (Phi) is 5.32. The van der Waals surface area contributed by atoms with E-state index in [0.717, 1.165) is 0 Å². The minimum absolute atomic E-state index is 0.0987. The third kappa shape index (κ3) is 3.92. The van der Waals surface area contributed by atoms with Gasteiger partial charge in [0.05, 0.1) is 24.9 Å². The van der Waals surface area contributed by atoms with E-state index in [1.165, 1.54) is 0 Å². The lowest BCUT2D eigenvalue weighted by Gasteiger charge is -2.16. The third-order valence-corrected chi connectivity index (χ3v) is 2.91. The molecule has 1 rings (SSSR count). The molecule has 0 saturated carbocycles. The summed E-state index contributed by atoms with van der Waals surface area (Å²) in [4.78, 5) is 11.5. The fraction of sp³-hybridized carbons (Fsp3) is 0.909. The Morgan fingerprint density at radius 2 is 1.88 bits per heavy atom. The van der Waals surface area contributed by atoms with E-state index in [4.69, 9.17) is 5.11 Å². The molecule has 0 aromatic rings. The highest BCUT2D eigenvalue weighted by molar-refractivity contribution is 5.76. The smallest absolute Gasteiger partial charge is 0.221 e. The van der Waals surface area contributed by atoms with Crippen LogP contribution in [0.4, 0.5) is 0 Å². The van der Waals surface area contributed by atoms with Gasteiger partial charge in [-0.25, -0.2) is 0 Å². The van der Waals surface area contributed by atoms with E-state index in [0.29, 0.717) is 12.5 Å². The predicted octanol–water partition coefficient (Wildman–Crippen LogP) is -1.80. The Labute approximate surface area is 101 Å². The molecule has 1 heterocycles. The van der Waals surface area contributed by atoms with Crippen molar-refractivity contribution in [2.45, 2.75) is 44.6 Å². The molecular weight excluding hydrogens is 224 g/mol. The molecule has 1 aliphatic rings. The van der Waals surface area contributed by atoms with Crippen molar-refractivity contribution in [1.82, 2.24) is 10.6 Å². The maximum atomic E-state index is 11.5. The summed E-state index contributed by atoms with van der Waals surface area (Å²) in [5, 5.41) is 33.8. The van der Waals surface area contributed by atoms with Gasteiger partial charge in [0.15, 0.2) is 0 Å². The Bertz CT molecular complexity index is 260. The van der Waals surface area contributed by atoms with Gasteiger partial charge in [0.2, 0.25) is 5.91 Å². The van der Waals surface area contributed by atoms with Crippen LogP contribution in [0.1, 0.15) is 20.3 Å². The van der Waals surface area contributed by atoms with Crippen molar-refractivity contribution < 1.29 is 20.1 Å². The average molecular weight is 246 g/mol.